The Kier molecular flexibility index (Phi) is 5.44. The summed E-state index contributed by atoms with van der Waals surface area (Å²) < 4.78 is 1.76. The standard InChI is InChI=1S/C21H25N5O/c27-21(19-9-5-12-26-16-23-24-20(19)26)22-14-18-8-4-11-25(15-18)13-10-17-6-2-1-3-7-17/h1-3,5-7,9,12,16,18H,4,8,10-11,13-15H2,(H,22,27)/t18-/m0/s1. The van der Waals surface area contributed by atoms with Crippen LogP contribution in [0, 0.1) is 5.92 Å². The van der Waals surface area contributed by atoms with E-state index in [4.69, 9.17) is 0 Å². The molecule has 0 saturated carbocycles. The molecule has 1 fully saturated rings. The van der Waals surface area contributed by atoms with Crippen LogP contribution in [0.2, 0.25) is 0 Å². The van der Waals surface area contributed by atoms with Gasteiger partial charge < -0.3 is 10.2 Å². The summed E-state index contributed by atoms with van der Waals surface area (Å²) in [6.07, 6.45) is 6.89. The zero-order valence-corrected chi connectivity index (χ0v) is 15.4. The van der Waals surface area contributed by atoms with E-state index < -0.39 is 0 Å². The molecule has 0 aliphatic carbocycles. The average molecular weight is 363 g/mol. The van der Waals surface area contributed by atoms with Crippen molar-refractivity contribution >= 4 is 11.6 Å². The van der Waals surface area contributed by atoms with Crippen LogP contribution in [0.1, 0.15) is 28.8 Å². The second-order valence-corrected chi connectivity index (χ2v) is 7.24. The minimum Gasteiger partial charge on any atom is -0.352 e. The van der Waals surface area contributed by atoms with Crippen LogP contribution < -0.4 is 5.32 Å². The van der Waals surface area contributed by atoms with Gasteiger partial charge in [0.2, 0.25) is 0 Å². The number of nitrogens with zero attached hydrogens (tertiary/aromatic N) is 4. The molecule has 2 aromatic heterocycles. The average Bonchev–Trinajstić information content (AvgIpc) is 3.20. The number of fused-ring (bicyclic) bond motifs is 1. The molecule has 4 rings (SSSR count). The predicted molar refractivity (Wildman–Crippen MR) is 105 cm³/mol. The van der Waals surface area contributed by atoms with Crippen LogP contribution in [0.4, 0.5) is 0 Å². The Hall–Kier alpha value is -2.73. The zero-order valence-electron chi connectivity index (χ0n) is 15.4. The van der Waals surface area contributed by atoms with Gasteiger partial charge in [0.05, 0.1) is 5.56 Å². The molecule has 0 bridgehead atoms. The second-order valence-electron chi connectivity index (χ2n) is 7.24. The number of aromatic nitrogens is 3. The molecule has 1 atom stereocenters. The highest BCUT2D eigenvalue weighted by Crippen LogP contribution is 2.17. The van der Waals surface area contributed by atoms with Crippen molar-refractivity contribution in [2.45, 2.75) is 19.3 Å². The molecule has 27 heavy (non-hydrogen) atoms. The van der Waals surface area contributed by atoms with E-state index in [1.807, 2.05) is 12.3 Å². The Labute approximate surface area is 159 Å². The Balaban J connectivity index is 1.29. The van der Waals surface area contributed by atoms with Crippen molar-refractivity contribution in [2.75, 3.05) is 26.2 Å². The first-order chi connectivity index (χ1) is 13.3. The van der Waals surface area contributed by atoms with Crippen LogP contribution >= 0.6 is 0 Å². The number of nitrogens with one attached hydrogen (secondary N) is 1. The van der Waals surface area contributed by atoms with E-state index in [1.54, 1.807) is 16.8 Å². The molecule has 1 amide bonds. The van der Waals surface area contributed by atoms with E-state index >= 15 is 0 Å². The SMILES string of the molecule is O=C(NC[C@@H]1CCCN(CCc2ccccc2)C1)c1cccn2cnnc12. The number of hydrogen-bond donors (Lipinski definition) is 1. The number of likely N-dealkylation sites (tertiary alicyclic amines) is 1. The molecule has 6 heteroatoms. The van der Waals surface area contributed by atoms with Crippen molar-refractivity contribution < 1.29 is 4.79 Å². The molecule has 1 saturated heterocycles. The number of pyridine rings is 1. The van der Waals surface area contributed by atoms with Crippen molar-refractivity contribution in [1.82, 2.24) is 24.8 Å². The van der Waals surface area contributed by atoms with Gasteiger partial charge >= 0.3 is 0 Å². The molecule has 0 unspecified atom stereocenters. The van der Waals surface area contributed by atoms with Gasteiger partial charge in [0.1, 0.15) is 6.33 Å². The summed E-state index contributed by atoms with van der Waals surface area (Å²) in [6.45, 7) is 3.97. The maximum absolute atomic E-state index is 12.6. The summed E-state index contributed by atoms with van der Waals surface area (Å²) >= 11 is 0. The van der Waals surface area contributed by atoms with E-state index in [0.29, 0.717) is 23.7 Å². The van der Waals surface area contributed by atoms with Crippen LogP contribution in [0.15, 0.2) is 55.0 Å². The van der Waals surface area contributed by atoms with Gasteiger partial charge in [-0.3, -0.25) is 9.20 Å². The number of amides is 1. The van der Waals surface area contributed by atoms with Crippen LogP contribution in [-0.2, 0) is 6.42 Å². The number of piperidine rings is 1. The number of hydrogen-bond acceptors (Lipinski definition) is 4. The van der Waals surface area contributed by atoms with Crippen molar-refractivity contribution in [3.05, 3.63) is 66.1 Å². The highest BCUT2D eigenvalue weighted by molar-refractivity contribution is 5.99. The van der Waals surface area contributed by atoms with Gasteiger partial charge in [-0.2, -0.15) is 0 Å². The van der Waals surface area contributed by atoms with Crippen LogP contribution in [0.3, 0.4) is 0 Å². The van der Waals surface area contributed by atoms with Gasteiger partial charge in [0, 0.05) is 25.8 Å². The van der Waals surface area contributed by atoms with E-state index in [9.17, 15) is 4.79 Å². The molecule has 1 aliphatic rings. The lowest BCUT2D eigenvalue weighted by atomic mass is 9.97. The quantitative estimate of drug-likeness (QED) is 0.731. The fourth-order valence-electron chi connectivity index (χ4n) is 3.81. The molecule has 6 nitrogen and oxygen atoms in total. The number of carbonyl (C=O) groups is 1. The fourth-order valence-corrected chi connectivity index (χ4v) is 3.81. The van der Waals surface area contributed by atoms with Gasteiger partial charge in [0.15, 0.2) is 5.65 Å². The highest BCUT2D eigenvalue weighted by atomic mass is 16.1. The normalized spacial score (nSPS) is 17.9. The monoisotopic (exact) mass is 363 g/mol. The smallest absolute Gasteiger partial charge is 0.255 e. The number of carbonyl (C=O) groups excluding carboxylic acids is 1. The minimum absolute atomic E-state index is 0.0741. The number of benzene rings is 1. The molecule has 0 radical (unpaired) electrons. The summed E-state index contributed by atoms with van der Waals surface area (Å²) in [5.41, 5.74) is 2.56. The summed E-state index contributed by atoms with van der Waals surface area (Å²) in [4.78, 5) is 15.1. The van der Waals surface area contributed by atoms with E-state index in [0.717, 1.165) is 32.5 Å². The molecule has 3 heterocycles. The Morgan fingerprint density at radius 2 is 2.07 bits per heavy atom. The van der Waals surface area contributed by atoms with Crippen molar-refractivity contribution in [3.8, 4) is 0 Å². The topological polar surface area (TPSA) is 62.5 Å². The third-order valence-corrected chi connectivity index (χ3v) is 5.28. The largest absolute Gasteiger partial charge is 0.352 e. The zero-order chi connectivity index (χ0) is 18.5. The predicted octanol–water partition coefficient (Wildman–Crippen LogP) is 2.41. The molecule has 1 aliphatic heterocycles. The van der Waals surface area contributed by atoms with Crippen LogP contribution in [0.5, 0.6) is 0 Å². The van der Waals surface area contributed by atoms with Gasteiger partial charge in [-0.25, -0.2) is 0 Å². The summed E-state index contributed by atoms with van der Waals surface area (Å²) in [7, 11) is 0. The highest BCUT2D eigenvalue weighted by Gasteiger charge is 2.21. The van der Waals surface area contributed by atoms with Crippen molar-refractivity contribution in [2.24, 2.45) is 5.92 Å². The van der Waals surface area contributed by atoms with Crippen molar-refractivity contribution in [3.63, 3.8) is 0 Å². The maximum Gasteiger partial charge on any atom is 0.255 e. The lowest BCUT2D eigenvalue weighted by Crippen LogP contribution is -2.41. The van der Waals surface area contributed by atoms with Crippen LogP contribution in [-0.4, -0.2) is 51.6 Å². The van der Waals surface area contributed by atoms with Gasteiger partial charge in [0.25, 0.3) is 5.91 Å². The molecule has 0 spiro atoms. The summed E-state index contributed by atoms with van der Waals surface area (Å²) in [5, 5.41) is 11.0. The first kappa shape index (κ1) is 17.7. The van der Waals surface area contributed by atoms with Crippen LogP contribution in [0.25, 0.3) is 5.65 Å². The Morgan fingerprint density at radius 1 is 1.19 bits per heavy atom. The molecule has 1 N–H and O–H groups in total. The first-order valence-corrected chi connectivity index (χ1v) is 9.62. The van der Waals surface area contributed by atoms with Crippen molar-refractivity contribution in [1.29, 1.82) is 0 Å². The fraction of sp³-hybridized carbons (Fsp3) is 0.381. The Bertz CT molecular complexity index is 892. The lowest BCUT2D eigenvalue weighted by molar-refractivity contribution is 0.0934. The molecule has 140 valence electrons. The summed E-state index contributed by atoms with van der Waals surface area (Å²) in [5.74, 6) is 0.422. The third-order valence-electron chi connectivity index (χ3n) is 5.28. The third kappa shape index (κ3) is 4.34. The van der Waals surface area contributed by atoms with E-state index in [-0.39, 0.29) is 5.91 Å². The minimum atomic E-state index is -0.0741. The lowest BCUT2D eigenvalue weighted by Gasteiger charge is -2.32. The van der Waals surface area contributed by atoms with E-state index in [2.05, 4.69) is 50.7 Å². The summed E-state index contributed by atoms with van der Waals surface area (Å²) in [6, 6.07) is 14.3. The van der Waals surface area contributed by atoms with Gasteiger partial charge in [-0.1, -0.05) is 30.3 Å². The molecule has 3 aromatic rings. The molecular formula is C21H25N5O. The van der Waals surface area contributed by atoms with Gasteiger partial charge in [-0.15, -0.1) is 10.2 Å². The van der Waals surface area contributed by atoms with Gasteiger partial charge in [-0.05, 0) is 49.4 Å². The second kappa shape index (κ2) is 8.31. The first-order valence-electron chi connectivity index (χ1n) is 9.62. The van der Waals surface area contributed by atoms with E-state index in [1.165, 1.54) is 12.0 Å². The maximum atomic E-state index is 12.6. The molecular weight excluding hydrogens is 338 g/mol. The Morgan fingerprint density at radius 3 is 2.96 bits per heavy atom. The molecule has 1 aromatic carbocycles. The number of rotatable bonds is 6.